The van der Waals surface area contributed by atoms with Crippen LogP contribution < -0.4 is 5.32 Å². The first-order valence-corrected chi connectivity index (χ1v) is 7.96. The van der Waals surface area contributed by atoms with Crippen molar-refractivity contribution >= 4 is 23.4 Å². The molecular weight excluding hydrogens is 269 g/mol. The van der Waals surface area contributed by atoms with Crippen molar-refractivity contribution in [2.24, 2.45) is 0 Å². The van der Waals surface area contributed by atoms with Gasteiger partial charge in [-0.2, -0.15) is 11.8 Å². The molecule has 4 heteroatoms. The maximum Gasteiger partial charge on any atom is 0.127 e. The molecule has 1 aromatic rings. The summed E-state index contributed by atoms with van der Waals surface area (Å²) in [5.74, 6) is 1.94. The van der Waals surface area contributed by atoms with E-state index in [1.54, 1.807) is 12.1 Å². The Morgan fingerprint density at radius 1 is 1.39 bits per heavy atom. The molecule has 1 N–H and O–H groups in total. The fourth-order valence-electron chi connectivity index (χ4n) is 1.82. The van der Waals surface area contributed by atoms with Gasteiger partial charge in [-0.15, -0.1) is 0 Å². The van der Waals surface area contributed by atoms with Crippen LogP contribution in [-0.2, 0) is 6.42 Å². The van der Waals surface area contributed by atoms with Crippen molar-refractivity contribution in [2.75, 3.05) is 18.1 Å². The first-order valence-electron chi connectivity index (χ1n) is 6.43. The van der Waals surface area contributed by atoms with Crippen LogP contribution in [0, 0.1) is 5.82 Å². The van der Waals surface area contributed by atoms with Crippen LogP contribution in [0.4, 0.5) is 4.39 Å². The summed E-state index contributed by atoms with van der Waals surface area (Å²) >= 11 is 7.96. The minimum absolute atomic E-state index is 0.203. The van der Waals surface area contributed by atoms with Crippen LogP contribution in [0.1, 0.15) is 25.8 Å². The van der Waals surface area contributed by atoms with Gasteiger partial charge in [-0.25, -0.2) is 4.39 Å². The molecule has 18 heavy (non-hydrogen) atoms. The Morgan fingerprint density at radius 2 is 2.17 bits per heavy atom. The third-order valence-electron chi connectivity index (χ3n) is 2.67. The normalized spacial score (nSPS) is 12.7. The summed E-state index contributed by atoms with van der Waals surface area (Å²) in [6.07, 6.45) is 1.82. The van der Waals surface area contributed by atoms with Crippen molar-refractivity contribution in [2.45, 2.75) is 32.7 Å². The quantitative estimate of drug-likeness (QED) is 0.722. The topological polar surface area (TPSA) is 12.0 Å². The number of benzene rings is 1. The molecule has 0 aliphatic carbocycles. The van der Waals surface area contributed by atoms with Gasteiger partial charge in [-0.3, -0.25) is 0 Å². The van der Waals surface area contributed by atoms with Crippen molar-refractivity contribution in [3.63, 3.8) is 0 Å². The molecule has 102 valence electrons. The van der Waals surface area contributed by atoms with Crippen molar-refractivity contribution in [1.29, 1.82) is 0 Å². The summed E-state index contributed by atoms with van der Waals surface area (Å²) in [5, 5.41) is 3.92. The zero-order valence-corrected chi connectivity index (χ0v) is 12.6. The van der Waals surface area contributed by atoms with Crippen LogP contribution in [0.3, 0.4) is 0 Å². The van der Waals surface area contributed by atoms with E-state index in [9.17, 15) is 4.39 Å². The molecule has 0 heterocycles. The first kappa shape index (κ1) is 15.8. The van der Waals surface area contributed by atoms with Gasteiger partial charge in [0.2, 0.25) is 0 Å². The van der Waals surface area contributed by atoms with E-state index >= 15 is 0 Å². The highest BCUT2D eigenvalue weighted by Gasteiger charge is 2.14. The zero-order chi connectivity index (χ0) is 13.4. The smallest absolute Gasteiger partial charge is 0.127 e. The zero-order valence-electron chi connectivity index (χ0n) is 11.0. The van der Waals surface area contributed by atoms with Gasteiger partial charge in [-0.1, -0.05) is 31.5 Å². The van der Waals surface area contributed by atoms with Gasteiger partial charge in [0.1, 0.15) is 5.82 Å². The molecule has 0 fully saturated rings. The van der Waals surface area contributed by atoms with Gasteiger partial charge in [-0.05, 0) is 37.3 Å². The van der Waals surface area contributed by atoms with Crippen LogP contribution >= 0.6 is 23.4 Å². The molecule has 1 rings (SSSR count). The lowest BCUT2D eigenvalue weighted by Crippen LogP contribution is -2.33. The molecule has 1 aromatic carbocycles. The van der Waals surface area contributed by atoms with Gasteiger partial charge in [0, 0.05) is 22.4 Å². The van der Waals surface area contributed by atoms with E-state index in [2.05, 4.69) is 19.2 Å². The molecule has 0 aliphatic rings. The predicted molar refractivity (Wildman–Crippen MR) is 80.2 cm³/mol. The van der Waals surface area contributed by atoms with Crippen molar-refractivity contribution < 1.29 is 4.39 Å². The van der Waals surface area contributed by atoms with Crippen LogP contribution in [0.25, 0.3) is 0 Å². The summed E-state index contributed by atoms with van der Waals surface area (Å²) in [6, 6.07) is 5.15. The molecule has 0 saturated carbocycles. The van der Waals surface area contributed by atoms with Gasteiger partial charge >= 0.3 is 0 Å². The Morgan fingerprint density at radius 3 is 2.78 bits per heavy atom. The molecule has 1 unspecified atom stereocenters. The summed E-state index contributed by atoms with van der Waals surface area (Å²) in [4.78, 5) is 0. The third kappa shape index (κ3) is 5.17. The molecule has 1 nitrogen and oxygen atoms in total. The second kappa shape index (κ2) is 8.78. The van der Waals surface area contributed by atoms with Crippen LogP contribution in [0.2, 0.25) is 5.02 Å². The fraction of sp³-hybridized carbons (Fsp3) is 0.571. The number of nitrogens with one attached hydrogen (secondary N) is 1. The average molecular weight is 290 g/mol. The maximum atomic E-state index is 13.7. The Kier molecular flexibility index (Phi) is 7.71. The summed E-state index contributed by atoms with van der Waals surface area (Å²) < 4.78 is 13.7. The lowest BCUT2D eigenvalue weighted by atomic mass is 10.1. The molecule has 0 amide bonds. The third-order valence-corrected chi connectivity index (χ3v) is 4.36. The van der Waals surface area contributed by atoms with E-state index < -0.39 is 0 Å². The van der Waals surface area contributed by atoms with Gasteiger partial charge in [0.05, 0.1) is 0 Å². The number of rotatable bonds is 8. The molecule has 0 bridgehead atoms. The number of thioether (sulfide) groups is 1. The molecule has 0 aromatic heterocycles. The summed E-state index contributed by atoms with van der Waals surface area (Å²) in [6.45, 7) is 5.13. The fourth-order valence-corrected chi connectivity index (χ4v) is 3.04. The molecule has 0 aliphatic heterocycles. The van der Waals surface area contributed by atoms with Crippen LogP contribution in [0.15, 0.2) is 18.2 Å². The second-order valence-electron chi connectivity index (χ2n) is 4.23. The SMILES string of the molecule is CCCSCC(Cc1c(F)cccc1Cl)NCC. The average Bonchev–Trinajstić information content (AvgIpc) is 2.34. The van der Waals surface area contributed by atoms with Crippen molar-refractivity contribution in [1.82, 2.24) is 5.32 Å². The van der Waals surface area contributed by atoms with E-state index in [1.165, 1.54) is 12.5 Å². The Bertz CT molecular complexity index is 339. The monoisotopic (exact) mass is 289 g/mol. The predicted octanol–water partition coefficient (Wildman–Crippen LogP) is 4.14. The van der Waals surface area contributed by atoms with E-state index in [0.717, 1.165) is 18.1 Å². The minimum Gasteiger partial charge on any atom is -0.313 e. The van der Waals surface area contributed by atoms with E-state index in [4.69, 9.17) is 11.6 Å². The number of likely N-dealkylation sites (N-methyl/N-ethyl adjacent to an activating group) is 1. The largest absolute Gasteiger partial charge is 0.313 e. The first-order chi connectivity index (χ1) is 8.69. The molecule has 0 saturated heterocycles. The standard InChI is InChI=1S/C14H21ClFNS/c1-3-8-18-10-11(17-4-2)9-12-13(15)6-5-7-14(12)16/h5-7,11,17H,3-4,8-10H2,1-2H3. The maximum absolute atomic E-state index is 13.7. The lowest BCUT2D eigenvalue weighted by Gasteiger charge is -2.18. The van der Waals surface area contributed by atoms with E-state index in [1.807, 2.05) is 11.8 Å². The van der Waals surface area contributed by atoms with Gasteiger partial charge < -0.3 is 5.32 Å². The molecule has 1 atom stereocenters. The Labute approximate surface area is 118 Å². The highest BCUT2D eigenvalue weighted by molar-refractivity contribution is 7.99. The van der Waals surface area contributed by atoms with Crippen molar-refractivity contribution in [3.05, 3.63) is 34.6 Å². The van der Waals surface area contributed by atoms with Gasteiger partial charge in [0.25, 0.3) is 0 Å². The van der Waals surface area contributed by atoms with E-state index in [-0.39, 0.29) is 11.9 Å². The van der Waals surface area contributed by atoms with E-state index in [0.29, 0.717) is 17.0 Å². The van der Waals surface area contributed by atoms with Gasteiger partial charge in [0.15, 0.2) is 0 Å². The molecule has 0 radical (unpaired) electrons. The minimum atomic E-state index is -0.203. The molecule has 0 spiro atoms. The van der Waals surface area contributed by atoms with Crippen molar-refractivity contribution in [3.8, 4) is 0 Å². The highest BCUT2D eigenvalue weighted by atomic mass is 35.5. The number of hydrogen-bond acceptors (Lipinski definition) is 2. The van der Waals surface area contributed by atoms with Crippen LogP contribution in [-0.4, -0.2) is 24.1 Å². The number of halogens is 2. The summed E-state index contributed by atoms with van der Waals surface area (Å²) in [7, 11) is 0. The Hall–Kier alpha value is -0.250. The lowest BCUT2D eigenvalue weighted by molar-refractivity contribution is 0.545. The molecular formula is C14H21ClFNS. The summed E-state index contributed by atoms with van der Waals surface area (Å²) in [5.41, 5.74) is 0.627. The highest BCUT2D eigenvalue weighted by Crippen LogP contribution is 2.21. The second-order valence-corrected chi connectivity index (χ2v) is 5.79. The Balaban J connectivity index is 2.64. The number of hydrogen-bond donors (Lipinski definition) is 1. The van der Waals surface area contributed by atoms with Crippen LogP contribution in [0.5, 0.6) is 0 Å².